The number of hydrogen-bond acceptors (Lipinski definition) is 4. The Labute approximate surface area is 142 Å². The number of amides is 2. The number of methoxy groups -OCH3 is 1. The molecule has 0 unspecified atom stereocenters. The quantitative estimate of drug-likeness (QED) is 0.474. The van der Waals surface area contributed by atoms with Gasteiger partial charge in [0.1, 0.15) is 18.1 Å². The van der Waals surface area contributed by atoms with E-state index in [1.807, 2.05) is 0 Å². The minimum atomic E-state index is -0.599. The van der Waals surface area contributed by atoms with Crippen LogP contribution in [0.5, 0.6) is 11.5 Å². The van der Waals surface area contributed by atoms with Gasteiger partial charge in [-0.15, -0.1) is 0 Å². The Kier molecular flexibility index (Phi) is 7.39. The first-order valence-electron chi connectivity index (χ1n) is 8.54. The second-order valence-electron chi connectivity index (χ2n) is 5.94. The first-order valence-corrected chi connectivity index (χ1v) is 8.54. The summed E-state index contributed by atoms with van der Waals surface area (Å²) in [6.07, 6.45) is 6.56. The third-order valence-corrected chi connectivity index (χ3v) is 4.11. The first-order chi connectivity index (χ1) is 11.7. The third kappa shape index (κ3) is 6.10. The van der Waals surface area contributed by atoms with Gasteiger partial charge in [0.05, 0.1) is 13.7 Å². The summed E-state index contributed by atoms with van der Waals surface area (Å²) in [7, 11) is 1.60. The molecule has 132 valence electrons. The molecule has 1 fully saturated rings. The molecule has 0 aliphatic heterocycles. The van der Waals surface area contributed by atoms with Gasteiger partial charge < -0.3 is 20.1 Å². The fourth-order valence-corrected chi connectivity index (χ4v) is 2.76. The molecule has 24 heavy (non-hydrogen) atoms. The molecule has 1 aliphatic rings. The van der Waals surface area contributed by atoms with Gasteiger partial charge in [-0.2, -0.15) is 0 Å². The fourth-order valence-electron chi connectivity index (χ4n) is 2.76. The maximum atomic E-state index is 11.9. The maximum Gasteiger partial charge on any atom is 0.309 e. The molecule has 1 aromatic rings. The van der Waals surface area contributed by atoms with E-state index in [4.69, 9.17) is 9.47 Å². The van der Waals surface area contributed by atoms with Gasteiger partial charge in [0.2, 0.25) is 0 Å². The van der Waals surface area contributed by atoms with E-state index in [1.54, 1.807) is 31.4 Å². The average Bonchev–Trinajstić information content (AvgIpc) is 2.87. The molecular formula is C18H26N2O4. The molecule has 0 bridgehead atoms. The van der Waals surface area contributed by atoms with Crippen LogP contribution in [-0.2, 0) is 9.59 Å². The van der Waals surface area contributed by atoms with Crippen LogP contribution in [0, 0.1) is 0 Å². The zero-order valence-electron chi connectivity index (χ0n) is 14.2. The summed E-state index contributed by atoms with van der Waals surface area (Å²) < 4.78 is 10.6. The van der Waals surface area contributed by atoms with E-state index in [-0.39, 0.29) is 12.6 Å². The highest BCUT2D eigenvalue weighted by atomic mass is 16.5. The third-order valence-electron chi connectivity index (χ3n) is 4.11. The molecule has 6 nitrogen and oxygen atoms in total. The van der Waals surface area contributed by atoms with Gasteiger partial charge in [0, 0.05) is 6.04 Å². The Morgan fingerprint density at radius 1 is 1.00 bits per heavy atom. The molecule has 1 aromatic carbocycles. The second kappa shape index (κ2) is 9.80. The van der Waals surface area contributed by atoms with Crippen LogP contribution in [0.25, 0.3) is 0 Å². The number of hydrogen-bond donors (Lipinski definition) is 2. The molecule has 1 saturated carbocycles. The first kappa shape index (κ1) is 18.1. The van der Waals surface area contributed by atoms with Crippen LogP contribution in [0.4, 0.5) is 0 Å². The van der Waals surface area contributed by atoms with Gasteiger partial charge in [0.15, 0.2) is 0 Å². The van der Waals surface area contributed by atoms with E-state index in [1.165, 1.54) is 12.8 Å². The number of carbonyl (C=O) groups is 2. The van der Waals surface area contributed by atoms with Crippen molar-refractivity contribution >= 4 is 11.8 Å². The van der Waals surface area contributed by atoms with Crippen LogP contribution in [0.1, 0.15) is 38.5 Å². The standard InChI is InChI=1S/C18H26N2O4/c1-23-15-8-10-16(11-9-15)24-13-12-19-17(21)18(22)20-14-6-4-2-3-5-7-14/h8-11,14H,2-7,12-13H2,1H3,(H,19,21)(H,20,22). The van der Waals surface area contributed by atoms with Crippen molar-refractivity contribution in [2.75, 3.05) is 20.3 Å². The summed E-state index contributed by atoms with van der Waals surface area (Å²) in [5, 5.41) is 5.40. The van der Waals surface area contributed by atoms with Gasteiger partial charge in [0.25, 0.3) is 0 Å². The zero-order chi connectivity index (χ0) is 17.2. The highest BCUT2D eigenvalue weighted by Gasteiger charge is 2.19. The number of rotatable bonds is 6. The highest BCUT2D eigenvalue weighted by Crippen LogP contribution is 2.17. The Bertz CT molecular complexity index is 522. The Morgan fingerprint density at radius 2 is 1.62 bits per heavy atom. The predicted octanol–water partition coefficient (Wildman–Crippen LogP) is 2.03. The lowest BCUT2D eigenvalue weighted by Crippen LogP contribution is -2.45. The van der Waals surface area contributed by atoms with Crippen molar-refractivity contribution in [1.29, 1.82) is 0 Å². The molecule has 2 amide bonds. The van der Waals surface area contributed by atoms with Crippen LogP contribution < -0.4 is 20.1 Å². The summed E-state index contributed by atoms with van der Waals surface area (Å²) in [6.45, 7) is 0.581. The average molecular weight is 334 g/mol. The van der Waals surface area contributed by atoms with Gasteiger partial charge in [-0.3, -0.25) is 9.59 Å². The molecule has 0 heterocycles. The van der Waals surface area contributed by atoms with E-state index in [2.05, 4.69) is 10.6 Å². The second-order valence-corrected chi connectivity index (χ2v) is 5.94. The van der Waals surface area contributed by atoms with Crippen LogP contribution in [0.3, 0.4) is 0 Å². The lowest BCUT2D eigenvalue weighted by atomic mass is 10.1. The molecular weight excluding hydrogens is 308 g/mol. The Balaban J connectivity index is 1.63. The summed E-state index contributed by atoms with van der Waals surface area (Å²) in [6, 6.07) is 7.31. The largest absolute Gasteiger partial charge is 0.497 e. The van der Waals surface area contributed by atoms with Crippen molar-refractivity contribution in [3.8, 4) is 11.5 Å². The monoisotopic (exact) mass is 334 g/mol. The highest BCUT2D eigenvalue weighted by molar-refractivity contribution is 6.35. The zero-order valence-corrected chi connectivity index (χ0v) is 14.2. The van der Waals surface area contributed by atoms with Crippen molar-refractivity contribution < 1.29 is 19.1 Å². The van der Waals surface area contributed by atoms with Crippen LogP contribution in [0.15, 0.2) is 24.3 Å². The molecule has 0 aromatic heterocycles. The van der Waals surface area contributed by atoms with E-state index in [9.17, 15) is 9.59 Å². The van der Waals surface area contributed by atoms with Crippen LogP contribution in [-0.4, -0.2) is 38.1 Å². The van der Waals surface area contributed by atoms with E-state index >= 15 is 0 Å². The van der Waals surface area contributed by atoms with Crippen molar-refractivity contribution in [2.45, 2.75) is 44.6 Å². The lowest BCUT2D eigenvalue weighted by Gasteiger charge is -2.15. The molecule has 6 heteroatoms. The van der Waals surface area contributed by atoms with Gasteiger partial charge in [-0.05, 0) is 37.1 Å². The fraction of sp³-hybridized carbons (Fsp3) is 0.556. The molecule has 0 radical (unpaired) electrons. The number of benzene rings is 1. The summed E-state index contributed by atoms with van der Waals surface area (Å²) in [4.78, 5) is 23.7. The minimum Gasteiger partial charge on any atom is -0.497 e. The molecule has 1 aliphatic carbocycles. The van der Waals surface area contributed by atoms with E-state index in [0.29, 0.717) is 12.4 Å². The summed E-state index contributed by atoms with van der Waals surface area (Å²) in [5.41, 5.74) is 0. The Hall–Kier alpha value is -2.24. The van der Waals surface area contributed by atoms with Crippen molar-refractivity contribution in [1.82, 2.24) is 10.6 Å². The molecule has 2 N–H and O–H groups in total. The van der Waals surface area contributed by atoms with Gasteiger partial charge in [-0.25, -0.2) is 0 Å². The maximum absolute atomic E-state index is 11.9. The number of carbonyl (C=O) groups excluding carboxylic acids is 2. The predicted molar refractivity (Wildman–Crippen MR) is 91.1 cm³/mol. The smallest absolute Gasteiger partial charge is 0.309 e. The SMILES string of the molecule is COc1ccc(OCCNC(=O)C(=O)NC2CCCCCC2)cc1. The molecule has 0 saturated heterocycles. The Morgan fingerprint density at radius 3 is 2.25 bits per heavy atom. The van der Waals surface area contributed by atoms with Crippen molar-refractivity contribution in [2.24, 2.45) is 0 Å². The summed E-state index contributed by atoms with van der Waals surface area (Å²) in [5.74, 6) is 0.294. The van der Waals surface area contributed by atoms with Gasteiger partial charge >= 0.3 is 11.8 Å². The van der Waals surface area contributed by atoms with Crippen molar-refractivity contribution in [3.05, 3.63) is 24.3 Å². The van der Waals surface area contributed by atoms with Crippen LogP contribution >= 0.6 is 0 Å². The van der Waals surface area contributed by atoms with E-state index < -0.39 is 11.8 Å². The normalized spacial score (nSPS) is 15.2. The summed E-state index contributed by atoms with van der Waals surface area (Å²) >= 11 is 0. The molecule has 0 spiro atoms. The molecule has 2 rings (SSSR count). The number of nitrogens with one attached hydrogen (secondary N) is 2. The minimum absolute atomic E-state index is 0.126. The lowest BCUT2D eigenvalue weighted by molar-refractivity contribution is -0.139. The number of ether oxygens (including phenoxy) is 2. The van der Waals surface area contributed by atoms with Crippen LogP contribution in [0.2, 0.25) is 0 Å². The van der Waals surface area contributed by atoms with Gasteiger partial charge in [-0.1, -0.05) is 25.7 Å². The topological polar surface area (TPSA) is 76.7 Å². The van der Waals surface area contributed by atoms with E-state index in [0.717, 1.165) is 31.4 Å². The van der Waals surface area contributed by atoms with Crippen molar-refractivity contribution in [3.63, 3.8) is 0 Å². The molecule has 0 atom stereocenters.